The van der Waals surface area contributed by atoms with E-state index >= 15 is 0 Å². The molecule has 2 N–H and O–H groups in total. The van der Waals surface area contributed by atoms with Gasteiger partial charge in [-0.1, -0.05) is 43.0 Å². The Bertz CT molecular complexity index is 498. The second kappa shape index (κ2) is 5.51. The molecule has 1 aliphatic carbocycles. The van der Waals surface area contributed by atoms with Crippen LogP contribution in [0.4, 0.5) is 5.69 Å². The van der Waals surface area contributed by atoms with Gasteiger partial charge in [-0.2, -0.15) is 0 Å². The largest absolute Gasteiger partial charge is 0.480 e. The Morgan fingerprint density at radius 2 is 2.26 bits per heavy atom. The molecular formula is C12H15Cl2N3O2. The van der Waals surface area contributed by atoms with Crippen LogP contribution in [0.2, 0.25) is 10.3 Å². The zero-order valence-electron chi connectivity index (χ0n) is 10.5. The van der Waals surface area contributed by atoms with Gasteiger partial charge in [-0.15, -0.1) is 10.2 Å². The van der Waals surface area contributed by atoms with Crippen LogP contribution in [0.1, 0.15) is 32.6 Å². The third-order valence-electron chi connectivity index (χ3n) is 3.50. The van der Waals surface area contributed by atoms with E-state index in [4.69, 9.17) is 23.2 Å². The van der Waals surface area contributed by atoms with Crippen molar-refractivity contribution < 1.29 is 9.90 Å². The minimum atomic E-state index is -1.01. The van der Waals surface area contributed by atoms with Gasteiger partial charge in [0.2, 0.25) is 0 Å². The second-order valence-electron chi connectivity index (χ2n) is 5.09. The van der Waals surface area contributed by atoms with Crippen LogP contribution >= 0.6 is 23.2 Å². The van der Waals surface area contributed by atoms with Gasteiger partial charge >= 0.3 is 5.97 Å². The van der Waals surface area contributed by atoms with Gasteiger partial charge in [-0.05, 0) is 18.8 Å². The average molecular weight is 304 g/mol. The standard InChI is InChI=1S/C12H15Cl2N3O2/c1-7-3-2-4-12(6-7,11(18)19)15-8-5-9(13)16-17-10(8)14/h5,7H,2-4,6H2,1H3,(H,15,16)(H,18,19). The zero-order valence-corrected chi connectivity index (χ0v) is 12.0. The predicted octanol–water partition coefficient (Wildman–Crippen LogP) is 3.23. The molecule has 1 fully saturated rings. The first-order valence-electron chi connectivity index (χ1n) is 6.13. The number of carbonyl (C=O) groups is 1. The fraction of sp³-hybridized carbons (Fsp3) is 0.583. The maximum absolute atomic E-state index is 11.6. The number of aliphatic carboxylic acids is 1. The molecular weight excluding hydrogens is 289 g/mol. The molecule has 19 heavy (non-hydrogen) atoms. The molecule has 0 aliphatic heterocycles. The van der Waals surface area contributed by atoms with Gasteiger partial charge in [0.15, 0.2) is 10.3 Å². The zero-order chi connectivity index (χ0) is 14.0. The van der Waals surface area contributed by atoms with E-state index in [0.717, 1.165) is 12.8 Å². The van der Waals surface area contributed by atoms with E-state index in [0.29, 0.717) is 24.4 Å². The van der Waals surface area contributed by atoms with Crippen LogP contribution in [-0.2, 0) is 4.79 Å². The van der Waals surface area contributed by atoms with Crippen molar-refractivity contribution in [1.82, 2.24) is 10.2 Å². The summed E-state index contributed by atoms with van der Waals surface area (Å²) in [5.74, 6) is -0.524. The van der Waals surface area contributed by atoms with Gasteiger partial charge in [0, 0.05) is 6.07 Å². The molecule has 2 rings (SSSR count). The fourth-order valence-corrected chi connectivity index (χ4v) is 2.90. The van der Waals surface area contributed by atoms with Gasteiger partial charge in [0.1, 0.15) is 5.54 Å². The average Bonchev–Trinajstić information content (AvgIpc) is 2.34. The molecule has 1 aromatic rings. The lowest BCUT2D eigenvalue weighted by Gasteiger charge is -2.37. The van der Waals surface area contributed by atoms with Gasteiger partial charge < -0.3 is 10.4 Å². The molecule has 0 spiro atoms. The highest BCUT2D eigenvalue weighted by atomic mass is 35.5. The first-order chi connectivity index (χ1) is 8.93. The Morgan fingerprint density at radius 1 is 1.53 bits per heavy atom. The number of hydrogen-bond acceptors (Lipinski definition) is 4. The number of anilines is 1. The number of rotatable bonds is 3. The number of nitrogens with one attached hydrogen (secondary N) is 1. The maximum atomic E-state index is 11.6. The maximum Gasteiger partial charge on any atom is 0.329 e. The quantitative estimate of drug-likeness (QED) is 0.896. The van der Waals surface area contributed by atoms with Crippen molar-refractivity contribution in [2.45, 2.75) is 38.1 Å². The number of hydrogen-bond donors (Lipinski definition) is 2. The van der Waals surface area contributed by atoms with Crippen LogP contribution in [0.3, 0.4) is 0 Å². The summed E-state index contributed by atoms with van der Waals surface area (Å²) in [6.07, 6.45) is 3.02. The summed E-state index contributed by atoms with van der Waals surface area (Å²) in [5, 5.41) is 20.2. The molecule has 5 nitrogen and oxygen atoms in total. The number of aromatic nitrogens is 2. The van der Waals surface area contributed by atoms with Crippen molar-refractivity contribution in [3.05, 3.63) is 16.4 Å². The van der Waals surface area contributed by atoms with Crippen LogP contribution in [-0.4, -0.2) is 26.8 Å². The van der Waals surface area contributed by atoms with Gasteiger partial charge in [-0.25, -0.2) is 4.79 Å². The Morgan fingerprint density at radius 3 is 2.89 bits per heavy atom. The summed E-state index contributed by atoms with van der Waals surface area (Å²) in [4.78, 5) is 11.6. The Labute approximate surface area is 121 Å². The predicted molar refractivity (Wildman–Crippen MR) is 73.7 cm³/mol. The van der Waals surface area contributed by atoms with Crippen molar-refractivity contribution in [1.29, 1.82) is 0 Å². The Hall–Kier alpha value is -1.07. The molecule has 0 bridgehead atoms. The van der Waals surface area contributed by atoms with Crippen molar-refractivity contribution in [3.63, 3.8) is 0 Å². The number of halogens is 2. The van der Waals surface area contributed by atoms with Crippen LogP contribution in [0, 0.1) is 5.92 Å². The van der Waals surface area contributed by atoms with Crippen LogP contribution in [0.25, 0.3) is 0 Å². The van der Waals surface area contributed by atoms with Gasteiger partial charge in [0.05, 0.1) is 5.69 Å². The van der Waals surface area contributed by atoms with E-state index in [1.807, 2.05) is 0 Å². The van der Waals surface area contributed by atoms with Gasteiger partial charge in [-0.3, -0.25) is 0 Å². The van der Waals surface area contributed by atoms with Gasteiger partial charge in [0.25, 0.3) is 0 Å². The van der Waals surface area contributed by atoms with E-state index in [1.165, 1.54) is 6.07 Å². The number of nitrogens with zero attached hydrogens (tertiary/aromatic N) is 2. The van der Waals surface area contributed by atoms with E-state index in [1.54, 1.807) is 0 Å². The topological polar surface area (TPSA) is 75.1 Å². The second-order valence-corrected chi connectivity index (χ2v) is 5.83. The van der Waals surface area contributed by atoms with E-state index in [9.17, 15) is 9.90 Å². The minimum absolute atomic E-state index is 0.128. The highest BCUT2D eigenvalue weighted by Gasteiger charge is 2.42. The SMILES string of the molecule is CC1CCCC(Nc2cc(Cl)nnc2Cl)(C(=O)O)C1. The molecule has 0 radical (unpaired) electrons. The monoisotopic (exact) mass is 303 g/mol. The number of carboxylic acid groups (broad SMARTS) is 1. The van der Waals surface area contributed by atoms with E-state index in [-0.39, 0.29) is 10.3 Å². The Balaban J connectivity index is 2.30. The molecule has 2 atom stereocenters. The fourth-order valence-electron chi connectivity index (χ4n) is 2.61. The summed E-state index contributed by atoms with van der Waals surface area (Å²) in [7, 11) is 0. The molecule has 1 heterocycles. The van der Waals surface area contributed by atoms with Crippen LogP contribution < -0.4 is 5.32 Å². The summed E-state index contributed by atoms with van der Waals surface area (Å²) < 4.78 is 0. The molecule has 1 saturated carbocycles. The van der Waals surface area contributed by atoms with Crippen LogP contribution in [0.15, 0.2) is 6.07 Å². The molecule has 1 aliphatic rings. The molecule has 2 unspecified atom stereocenters. The molecule has 0 saturated heterocycles. The third kappa shape index (κ3) is 3.09. The van der Waals surface area contributed by atoms with Crippen molar-refractivity contribution in [3.8, 4) is 0 Å². The van der Waals surface area contributed by atoms with E-state index in [2.05, 4.69) is 22.4 Å². The first-order valence-corrected chi connectivity index (χ1v) is 6.89. The first kappa shape index (κ1) is 14.3. The lowest BCUT2D eigenvalue weighted by molar-refractivity contribution is -0.144. The molecule has 0 amide bonds. The Kier molecular flexibility index (Phi) is 4.16. The molecule has 0 aromatic carbocycles. The van der Waals surface area contributed by atoms with E-state index < -0.39 is 11.5 Å². The number of carboxylic acids is 1. The highest BCUT2D eigenvalue weighted by molar-refractivity contribution is 6.33. The van der Waals surface area contributed by atoms with Crippen LogP contribution in [0.5, 0.6) is 0 Å². The molecule has 104 valence electrons. The minimum Gasteiger partial charge on any atom is -0.480 e. The van der Waals surface area contributed by atoms with Crippen molar-refractivity contribution in [2.75, 3.05) is 5.32 Å². The smallest absolute Gasteiger partial charge is 0.329 e. The third-order valence-corrected chi connectivity index (χ3v) is 3.96. The lowest BCUT2D eigenvalue weighted by atomic mass is 9.76. The van der Waals surface area contributed by atoms with Crippen molar-refractivity contribution in [2.24, 2.45) is 5.92 Å². The highest BCUT2D eigenvalue weighted by Crippen LogP contribution is 2.36. The summed E-state index contributed by atoms with van der Waals surface area (Å²) in [6.45, 7) is 2.05. The lowest BCUT2D eigenvalue weighted by Crippen LogP contribution is -2.49. The van der Waals surface area contributed by atoms with Crippen molar-refractivity contribution >= 4 is 34.9 Å². The summed E-state index contributed by atoms with van der Waals surface area (Å²) in [6, 6.07) is 1.50. The summed E-state index contributed by atoms with van der Waals surface area (Å²) in [5.41, 5.74) is -0.591. The summed E-state index contributed by atoms with van der Waals surface area (Å²) >= 11 is 11.7. The molecule has 1 aromatic heterocycles. The molecule has 7 heteroatoms. The normalized spacial score (nSPS) is 27.0.